The van der Waals surface area contributed by atoms with Gasteiger partial charge in [0.05, 0.1) is 0 Å². The van der Waals surface area contributed by atoms with Crippen LogP contribution in [-0.4, -0.2) is 37.2 Å². The molecule has 0 aliphatic heterocycles. The zero-order chi connectivity index (χ0) is 50.7. The van der Waals surface area contributed by atoms with Crippen LogP contribution in [0.5, 0.6) is 0 Å². The summed E-state index contributed by atoms with van der Waals surface area (Å²) in [5.41, 5.74) is 0. The van der Waals surface area contributed by atoms with E-state index in [1.54, 1.807) is 0 Å². The van der Waals surface area contributed by atoms with Crippen LogP contribution < -0.4 is 0 Å². The van der Waals surface area contributed by atoms with Crippen molar-refractivity contribution >= 4 is 17.9 Å². The van der Waals surface area contributed by atoms with Crippen LogP contribution in [0, 0.1) is 0 Å². The van der Waals surface area contributed by atoms with Crippen molar-refractivity contribution in [1.29, 1.82) is 0 Å². The zero-order valence-electron chi connectivity index (χ0n) is 46.5. The molecule has 0 aromatic carbocycles. The predicted octanol–water partition coefficient (Wildman–Crippen LogP) is 20.4. The number of rotatable bonds is 55. The van der Waals surface area contributed by atoms with Gasteiger partial charge in [0.15, 0.2) is 6.10 Å². The first-order valence-corrected chi connectivity index (χ1v) is 30.3. The molecule has 6 nitrogen and oxygen atoms in total. The Kier molecular flexibility index (Phi) is 56.3. The van der Waals surface area contributed by atoms with Gasteiger partial charge in [-0.15, -0.1) is 0 Å². The number of hydrogen-bond acceptors (Lipinski definition) is 6. The Morgan fingerprint density at radius 1 is 0.300 bits per heavy atom. The van der Waals surface area contributed by atoms with Crippen LogP contribution in [0.3, 0.4) is 0 Å². The Morgan fingerprint density at radius 2 is 0.557 bits per heavy atom. The summed E-state index contributed by atoms with van der Waals surface area (Å²) < 4.78 is 16.9. The normalized spacial score (nSPS) is 12.4. The second-order valence-corrected chi connectivity index (χ2v) is 20.2. The van der Waals surface area contributed by atoms with Gasteiger partial charge in [-0.05, 0) is 64.2 Å². The lowest BCUT2D eigenvalue weighted by molar-refractivity contribution is -0.167. The number of carbonyl (C=O) groups is 3. The molecular formula is C64H114O6. The summed E-state index contributed by atoms with van der Waals surface area (Å²) in [5.74, 6) is -0.900. The molecule has 0 aromatic rings. The highest BCUT2D eigenvalue weighted by atomic mass is 16.6. The Balaban J connectivity index is 4.35. The molecule has 6 heteroatoms. The van der Waals surface area contributed by atoms with E-state index in [9.17, 15) is 14.4 Å². The first-order chi connectivity index (χ1) is 34.5. The molecule has 0 saturated heterocycles. The van der Waals surface area contributed by atoms with E-state index in [1.807, 2.05) is 0 Å². The van der Waals surface area contributed by atoms with Crippen molar-refractivity contribution in [2.24, 2.45) is 0 Å². The van der Waals surface area contributed by atoms with Gasteiger partial charge in [0.2, 0.25) is 0 Å². The molecule has 0 heterocycles. The van der Waals surface area contributed by atoms with Gasteiger partial charge < -0.3 is 14.2 Å². The number of unbranched alkanes of at least 4 members (excludes halogenated alkanes) is 34. The van der Waals surface area contributed by atoms with Crippen molar-refractivity contribution in [3.05, 3.63) is 60.8 Å². The summed E-state index contributed by atoms with van der Waals surface area (Å²) in [5, 5.41) is 0. The lowest BCUT2D eigenvalue weighted by Gasteiger charge is -2.18. The minimum Gasteiger partial charge on any atom is -0.462 e. The summed E-state index contributed by atoms with van der Waals surface area (Å²) in [7, 11) is 0. The third-order valence-electron chi connectivity index (χ3n) is 13.3. The van der Waals surface area contributed by atoms with E-state index in [4.69, 9.17) is 14.2 Å². The second kappa shape index (κ2) is 58.7. The van der Waals surface area contributed by atoms with Crippen molar-refractivity contribution in [3.8, 4) is 0 Å². The largest absolute Gasteiger partial charge is 0.462 e. The van der Waals surface area contributed by atoms with E-state index >= 15 is 0 Å². The van der Waals surface area contributed by atoms with E-state index in [1.165, 1.54) is 173 Å². The van der Waals surface area contributed by atoms with E-state index in [-0.39, 0.29) is 31.1 Å². The highest BCUT2D eigenvalue weighted by Gasteiger charge is 2.19. The molecule has 0 rings (SSSR count). The summed E-state index contributed by atoms with van der Waals surface area (Å²) in [6.45, 7) is 6.54. The zero-order valence-corrected chi connectivity index (χ0v) is 46.5. The fourth-order valence-corrected chi connectivity index (χ4v) is 8.77. The van der Waals surface area contributed by atoms with Crippen LogP contribution in [-0.2, 0) is 28.6 Å². The molecule has 0 aliphatic carbocycles. The van der Waals surface area contributed by atoms with Gasteiger partial charge in [-0.3, -0.25) is 14.4 Å². The molecule has 0 amide bonds. The van der Waals surface area contributed by atoms with Crippen LogP contribution >= 0.6 is 0 Å². The maximum atomic E-state index is 12.9. The standard InChI is InChI=1S/C64H114O6/c1-4-7-10-13-16-19-22-25-27-29-31-32-34-35-37-39-42-45-48-51-54-57-63(66)69-60-61(59-68-62(65)56-53-50-47-44-41-24-21-18-15-12-9-6-3)70-64(67)58-55-52-49-46-43-40-38-36-33-30-28-26-23-20-17-14-11-8-5-2/h8,11,17,20,26,28,33,36,40,43,61H,4-7,9-10,12-16,18-19,21-25,27,29-32,34-35,37-39,41-42,44-60H2,1-3H3/b11-8-,20-17-,28-26-,36-33-,43-40-/t61-/m0/s1. The maximum absolute atomic E-state index is 12.9. The smallest absolute Gasteiger partial charge is 0.306 e. The Hall–Kier alpha value is -2.89. The van der Waals surface area contributed by atoms with Crippen molar-refractivity contribution < 1.29 is 28.6 Å². The molecule has 0 N–H and O–H groups in total. The van der Waals surface area contributed by atoms with Crippen molar-refractivity contribution in [2.45, 2.75) is 316 Å². The molecule has 0 fully saturated rings. The molecule has 1 atom stereocenters. The highest BCUT2D eigenvalue weighted by Crippen LogP contribution is 2.17. The minimum atomic E-state index is -0.789. The van der Waals surface area contributed by atoms with E-state index in [0.29, 0.717) is 19.3 Å². The lowest BCUT2D eigenvalue weighted by atomic mass is 10.0. The Labute approximate surface area is 434 Å². The highest BCUT2D eigenvalue weighted by molar-refractivity contribution is 5.71. The number of hydrogen-bond donors (Lipinski definition) is 0. The van der Waals surface area contributed by atoms with Crippen molar-refractivity contribution in [3.63, 3.8) is 0 Å². The van der Waals surface area contributed by atoms with Crippen molar-refractivity contribution in [1.82, 2.24) is 0 Å². The first-order valence-electron chi connectivity index (χ1n) is 30.3. The molecule has 0 unspecified atom stereocenters. The predicted molar refractivity (Wildman–Crippen MR) is 302 cm³/mol. The molecule has 0 saturated carbocycles. The monoisotopic (exact) mass is 979 g/mol. The van der Waals surface area contributed by atoms with Crippen LogP contribution in [0.25, 0.3) is 0 Å². The van der Waals surface area contributed by atoms with Gasteiger partial charge in [-0.1, -0.05) is 287 Å². The lowest BCUT2D eigenvalue weighted by Crippen LogP contribution is -2.30. The van der Waals surface area contributed by atoms with Gasteiger partial charge in [0.25, 0.3) is 0 Å². The van der Waals surface area contributed by atoms with E-state index < -0.39 is 6.10 Å². The molecule has 0 bridgehead atoms. The van der Waals surface area contributed by atoms with E-state index in [0.717, 1.165) is 96.3 Å². The number of esters is 3. The first kappa shape index (κ1) is 67.1. The fourth-order valence-electron chi connectivity index (χ4n) is 8.77. The third-order valence-corrected chi connectivity index (χ3v) is 13.3. The van der Waals surface area contributed by atoms with Gasteiger partial charge in [0.1, 0.15) is 13.2 Å². The average molecular weight is 980 g/mol. The third kappa shape index (κ3) is 56.0. The Morgan fingerprint density at radius 3 is 0.871 bits per heavy atom. The minimum absolute atomic E-state index is 0.0835. The Bertz CT molecular complexity index is 1260. The summed E-state index contributed by atoms with van der Waals surface area (Å²) in [4.78, 5) is 38.2. The molecule has 0 spiro atoms. The van der Waals surface area contributed by atoms with Crippen molar-refractivity contribution in [2.75, 3.05) is 13.2 Å². The average Bonchev–Trinajstić information content (AvgIpc) is 3.36. The molecule has 0 radical (unpaired) electrons. The molecule has 0 aromatic heterocycles. The summed E-state index contributed by atoms with van der Waals surface area (Å²) in [6.07, 6.45) is 73.6. The fraction of sp³-hybridized carbons (Fsp3) is 0.797. The SMILES string of the molecule is CC/C=C\C/C=C\C/C=C\C/C=C\C/C=C\CCCCCC(=O)O[C@@H](COC(=O)CCCCCCCCCCCCCC)COC(=O)CCCCCCCCCCCCCCCCCCCCCCC. The second-order valence-electron chi connectivity index (χ2n) is 20.2. The summed E-state index contributed by atoms with van der Waals surface area (Å²) >= 11 is 0. The molecular weight excluding hydrogens is 865 g/mol. The van der Waals surface area contributed by atoms with Crippen LogP contribution in [0.1, 0.15) is 310 Å². The molecule has 0 aliphatic rings. The molecule has 406 valence electrons. The van der Waals surface area contributed by atoms with Gasteiger partial charge in [-0.25, -0.2) is 0 Å². The van der Waals surface area contributed by atoms with Gasteiger partial charge in [-0.2, -0.15) is 0 Å². The van der Waals surface area contributed by atoms with Crippen LogP contribution in [0.2, 0.25) is 0 Å². The van der Waals surface area contributed by atoms with Gasteiger partial charge in [0, 0.05) is 19.3 Å². The topological polar surface area (TPSA) is 78.9 Å². The number of allylic oxidation sites excluding steroid dienone is 10. The van der Waals surface area contributed by atoms with Gasteiger partial charge >= 0.3 is 17.9 Å². The number of carbonyl (C=O) groups excluding carboxylic acids is 3. The van der Waals surface area contributed by atoms with Crippen LogP contribution in [0.4, 0.5) is 0 Å². The van der Waals surface area contributed by atoms with E-state index in [2.05, 4.69) is 81.5 Å². The quantitative estimate of drug-likeness (QED) is 0.0261. The summed E-state index contributed by atoms with van der Waals surface area (Å²) in [6, 6.07) is 0. The molecule has 70 heavy (non-hydrogen) atoms. The van der Waals surface area contributed by atoms with Crippen LogP contribution in [0.15, 0.2) is 60.8 Å². The number of ether oxygens (including phenoxy) is 3. The maximum Gasteiger partial charge on any atom is 0.306 e.